The van der Waals surface area contributed by atoms with Gasteiger partial charge in [-0.3, -0.25) is 4.79 Å². The zero-order valence-corrected chi connectivity index (χ0v) is 9.64. The number of hydrogen-bond acceptors (Lipinski definition) is 4. The summed E-state index contributed by atoms with van der Waals surface area (Å²) >= 11 is 0. The molecule has 92 valence electrons. The standard InChI is InChI=1S/C14H7NO4/c15-6-2-1-3-9-4-5-12-10(7-9)11(16)8-13(19-12)14(17)18/h4-5,7-8H,2H2,(H,17,18). The normalized spacial score (nSPS) is 9.42. The average Bonchev–Trinajstić information content (AvgIpc) is 2.39. The molecule has 1 aromatic carbocycles. The average molecular weight is 253 g/mol. The smallest absolute Gasteiger partial charge is 0.371 e. The van der Waals surface area contributed by atoms with E-state index >= 15 is 0 Å². The largest absolute Gasteiger partial charge is 0.475 e. The Labute approximate surface area is 107 Å². The molecular weight excluding hydrogens is 246 g/mol. The van der Waals surface area contributed by atoms with E-state index in [2.05, 4.69) is 11.8 Å². The molecule has 0 atom stereocenters. The second kappa shape index (κ2) is 5.07. The van der Waals surface area contributed by atoms with Gasteiger partial charge in [0.1, 0.15) is 5.58 Å². The van der Waals surface area contributed by atoms with Crippen molar-refractivity contribution in [3.63, 3.8) is 0 Å². The van der Waals surface area contributed by atoms with Crippen LogP contribution < -0.4 is 5.43 Å². The fourth-order valence-corrected chi connectivity index (χ4v) is 1.53. The van der Waals surface area contributed by atoms with Crippen LogP contribution in [0.25, 0.3) is 11.0 Å². The highest BCUT2D eigenvalue weighted by Crippen LogP contribution is 2.14. The summed E-state index contributed by atoms with van der Waals surface area (Å²) in [6.45, 7) is 0. The minimum atomic E-state index is -1.29. The maximum atomic E-state index is 11.8. The summed E-state index contributed by atoms with van der Waals surface area (Å²) in [5.41, 5.74) is 0.316. The van der Waals surface area contributed by atoms with E-state index in [1.807, 2.05) is 6.07 Å². The quantitative estimate of drug-likeness (QED) is 0.782. The minimum absolute atomic E-state index is 0.102. The van der Waals surface area contributed by atoms with Crippen molar-refractivity contribution in [1.82, 2.24) is 0 Å². The summed E-state index contributed by atoms with van der Waals surface area (Å²) in [6.07, 6.45) is 0.102. The second-order valence-corrected chi connectivity index (χ2v) is 3.63. The summed E-state index contributed by atoms with van der Waals surface area (Å²) in [7, 11) is 0. The first-order valence-corrected chi connectivity index (χ1v) is 5.29. The van der Waals surface area contributed by atoms with Gasteiger partial charge in [0.2, 0.25) is 5.76 Å². The molecule has 2 aromatic rings. The van der Waals surface area contributed by atoms with Crippen LogP contribution in [0.2, 0.25) is 0 Å². The monoisotopic (exact) mass is 253 g/mol. The third-order valence-electron chi connectivity index (χ3n) is 2.34. The number of fused-ring (bicyclic) bond motifs is 1. The van der Waals surface area contributed by atoms with Crippen molar-refractivity contribution in [2.45, 2.75) is 6.42 Å². The van der Waals surface area contributed by atoms with Gasteiger partial charge in [-0.1, -0.05) is 11.8 Å². The number of benzene rings is 1. The summed E-state index contributed by atoms with van der Waals surface area (Å²) in [4.78, 5) is 22.5. The highest BCUT2D eigenvalue weighted by atomic mass is 16.4. The number of rotatable bonds is 1. The molecule has 0 bridgehead atoms. The van der Waals surface area contributed by atoms with Crippen LogP contribution in [0.15, 0.2) is 33.5 Å². The van der Waals surface area contributed by atoms with Crippen LogP contribution in [-0.2, 0) is 0 Å². The molecule has 0 aliphatic carbocycles. The fraction of sp³-hybridized carbons (Fsp3) is 0.0714. The first-order chi connectivity index (χ1) is 9.11. The molecule has 1 heterocycles. The lowest BCUT2D eigenvalue weighted by molar-refractivity contribution is 0.0663. The van der Waals surface area contributed by atoms with Crippen LogP contribution in [0.1, 0.15) is 22.5 Å². The first kappa shape index (κ1) is 12.4. The van der Waals surface area contributed by atoms with Crippen LogP contribution in [0.4, 0.5) is 0 Å². The van der Waals surface area contributed by atoms with E-state index in [4.69, 9.17) is 14.8 Å². The van der Waals surface area contributed by atoms with Crippen LogP contribution in [-0.4, -0.2) is 11.1 Å². The SMILES string of the molecule is N#CCC#Cc1ccc2oc(C(=O)O)cc(=O)c2c1. The van der Waals surface area contributed by atoms with Crippen LogP contribution in [0, 0.1) is 23.2 Å². The minimum Gasteiger partial charge on any atom is -0.475 e. The molecule has 1 N–H and O–H groups in total. The van der Waals surface area contributed by atoms with Gasteiger partial charge in [0.25, 0.3) is 0 Å². The number of carboxylic acid groups (broad SMARTS) is 1. The molecule has 0 unspecified atom stereocenters. The third kappa shape index (κ3) is 2.62. The maximum Gasteiger partial charge on any atom is 0.371 e. The summed E-state index contributed by atoms with van der Waals surface area (Å²) in [6, 6.07) is 7.41. The van der Waals surface area contributed by atoms with Gasteiger partial charge in [-0.2, -0.15) is 5.26 Å². The molecule has 0 saturated carbocycles. The van der Waals surface area contributed by atoms with Gasteiger partial charge < -0.3 is 9.52 Å². The lowest BCUT2D eigenvalue weighted by Crippen LogP contribution is -2.06. The highest BCUT2D eigenvalue weighted by Gasteiger charge is 2.10. The van der Waals surface area contributed by atoms with E-state index in [9.17, 15) is 9.59 Å². The molecule has 0 fully saturated rings. The van der Waals surface area contributed by atoms with E-state index in [-0.39, 0.29) is 17.4 Å². The molecule has 5 nitrogen and oxygen atoms in total. The van der Waals surface area contributed by atoms with Gasteiger partial charge in [-0.25, -0.2) is 4.79 Å². The molecule has 0 aliphatic rings. The number of carboxylic acids is 1. The Hall–Kier alpha value is -3.05. The van der Waals surface area contributed by atoms with Crippen LogP contribution in [0.5, 0.6) is 0 Å². The number of aromatic carboxylic acids is 1. The van der Waals surface area contributed by atoms with E-state index in [1.165, 1.54) is 12.1 Å². The van der Waals surface area contributed by atoms with E-state index in [0.717, 1.165) is 6.07 Å². The van der Waals surface area contributed by atoms with Crippen molar-refractivity contribution in [2.24, 2.45) is 0 Å². The van der Waals surface area contributed by atoms with Gasteiger partial charge in [-0.15, -0.1) is 0 Å². The molecule has 0 aliphatic heterocycles. The molecule has 2 rings (SSSR count). The third-order valence-corrected chi connectivity index (χ3v) is 2.34. The van der Waals surface area contributed by atoms with Crippen molar-refractivity contribution in [2.75, 3.05) is 0 Å². The number of nitriles is 1. The molecule has 0 spiro atoms. The Morgan fingerprint density at radius 1 is 1.37 bits per heavy atom. The van der Waals surface area contributed by atoms with Crippen molar-refractivity contribution in [1.29, 1.82) is 5.26 Å². The lowest BCUT2D eigenvalue weighted by Gasteiger charge is -1.99. The van der Waals surface area contributed by atoms with Gasteiger partial charge in [0.05, 0.1) is 17.9 Å². The number of nitrogens with zero attached hydrogens (tertiary/aromatic N) is 1. The molecular formula is C14H7NO4. The van der Waals surface area contributed by atoms with Crippen molar-refractivity contribution in [3.05, 3.63) is 45.8 Å². The van der Waals surface area contributed by atoms with E-state index in [0.29, 0.717) is 5.56 Å². The molecule has 0 radical (unpaired) electrons. The molecule has 5 heteroatoms. The molecule has 0 amide bonds. The van der Waals surface area contributed by atoms with Crippen molar-refractivity contribution >= 4 is 16.9 Å². The van der Waals surface area contributed by atoms with Crippen molar-refractivity contribution in [3.8, 4) is 17.9 Å². The zero-order chi connectivity index (χ0) is 13.8. The van der Waals surface area contributed by atoms with Crippen LogP contribution in [0.3, 0.4) is 0 Å². The molecule has 19 heavy (non-hydrogen) atoms. The lowest BCUT2D eigenvalue weighted by atomic mass is 10.1. The second-order valence-electron chi connectivity index (χ2n) is 3.63. The maximum absolute atomic E-state index is 11.8. The van der Waals surface area contributed by atoms with Crippen LogP contribution >= 0.6 is 0 Å². The van der Waals surface area contributed by atoms with Gasteiger partial charge in [-0.05, 0) is 18.2 Å². The predicted molar refractivity (Wildman–Crippen MR) is 66.6 cm³/mol. The Morgan fingerprint density at radius 3 is 2.84 bits per heavy atom. The Morgan fingerprint density at radius 2 is 2.16 bits per heavy atom. The highest BCUT2D eigenvalue weighted by molar-refractivity contribution is 5.87. The Kier molecular flexibility index (Phi) is 3.31. The zero-order valence-electron chi connectivity index (χ0n) is 9.64. The number of hydrogen-bond donors (Lipinski definition) is 1. The Balaban J connectivity index is 2.57. The topological polar surface area (TPSA) is 91.3 Å². The first-order valence-electron chi connectivity index (χ1n) is 5.29. The molecule has 1 aromatic heterocycles. The van der Waals surface area contributed by atoms with E-state index < -0.39 is 17.2 Å². The van der Waals surface area contributed by atoms with Gasteiger partial charge >= 0.3 is 5.97 Å². The summed E-state index contributed by atoms with van der Waals surface area (Å²) in [5.74, 6) is 3.66. The summed E-state index contributed by atoms with van der Waals surface area (Å²) in [5, 5.41) is 17.4. The van der Waals surface area contributed by atoms with Crippen molar-refractivity contribution < 1.29 is 14.3 Å². The Bertz CT molecular complexity index is 815. The summed E-state index contributed by atoms with van der Waals surface area (Å²) < 4.78 is 5.08. The molecule has 0 saturated heterocycles. The van der Waals surface area contributed by atoms with Gasteiger partial charge in [0, 0.05) is 11.6 Å². The predicted octanol–water partition coefficient (Wildman–Crippen LogP) is 1.76. The number of carbonyl (C=O) groups is 1. The van der Waals surface area contributed by atoms with Gasteiger partial charge in [0.15, 0.2) is 5.43 Å². The van der Waals surface area contributed by atoms with E-state index in [1.54, 1.807) is 6.07 Å². The fourth-order valence-electron chi connectivity index (χ4n) is 1.53.